The lowest BCUT2D eigenvalue weighted by atomic mass is 9.98. The molecule has 0 amide bonds. The summed E-state index contributed by atoms with van der Waals surface area (Å²) in [5.41, 5.74) is 5.15. The Hall–Kier alpha value is -3.20. The standard InChI is InChI=1S/C23H21NO2/c1-26-23-19(15-17-10-6-3-7-11-17)21-20(24-23)13-12-18(22(21)25)14-16-8-4-2-5-9-16/h2-13,24-25H,14-15H2,1H3. The smallest absolute Gasteiger partial charge is 0.195 e. The van der Waals surface area contributed by atoms with Crippen LogP contribution in [0, 0.1) is 0 Å². The minimum Gasteiger partial charge on any atom is -0.507 e. The maximum absolute atomic E-state index is 11.0. The van der Waals surface area contributed by atoms with Gasteiger partial charge in [-0.1, -0.05) is 66.7 Å². The molecule has 3 aromatic carbocycles. The average molecular weight is 343 g/mol. The number of aromatic nitrogens is 1. The number of H-pyrrole nitrogens is 1. The van der Waals surface area contributed by atoms with Crippen LogP contribution in [0.4, 0.5) is 0 Å². The number of ether oxygens (including phenoxy) is 1. The van der Waals surface area contributed by atoms with Crippen LogP contribution < -0.4 is 4.74 Å². The van der Waals surface area contributed by atoms with E-state index in [0.29, 0.717) is 24.5 Å². The maximum atomic E-state index is 11.0. The summed E-state index contributed by atoms with van der Waals surface area (Å²) in [4.78, 5) is 3.28. The van der Waals surface area contributed by atoms with E-state index in [1.165, 1.54) is 11.1 Å². The van der Waals surface area contributed by atoms with E-state index >= 15 is 0 Å². The monoisotopic (exact) mass is 343 g/mol. The summed E-state index contributed by atoms with van der Waals surface area (Å²) in [5.74, 6) is 1.04. The van der Waals surface area contributed by atoms with Crippen molar-refractivity contribution in [2.75, 3.05) is 7.11 Å². The predicted molar refractivity (Wildman–Crippen MR) is 105 cm³/mol. The summed E-state index contributed by atoms with van der Waals surface area (Å²) >= 11 is 0. The zero-order chi connectivity index (χ0) is 17.9. The van der Waals surface area contributed by atoms with E-state index in [-0.39, 0.29) is 0 Å². The van der Waals surface area contributed by atoms with E-state index in [1.54, 1.807) is 7.11 Å². The molecule has 0 saturated heterocycles. The number of hydrogen-bond donors (Lipinski definition) is 2. The SMILES string of the molecule is COc1[nH]c2ccc(Cc3ccccc3)c(O)c2c1Cc1ccccc1. The molecule has 3 heteroatoms. The molecule has 130 valence electrons. The molecule has 4 aromatic rings. The zero-order valence-electron chi connectivity index (χ0n) is 14.7. The molecule has 0 aliphatic carbocycles. The molecule has 0 spiro atoms. The average Bonchev–Trinajstić information content (AvgIpc) is 3.04. The number of nitrogens with one attached hydrogen (secondary N) is 1. The van der Waals surface area contributed by atoms with Crippen LogP contribution in [-0.2, 0) is 12.8 Å². The fourth-order valence-corrected chi connectivity index (χ4v) is 3.46. The fraction of sp³-hybridized carbons (Fsp3) is 0.130. The van der Waals surface area contributed by atoms with Crippen LogP contribution in [0.5, 0.6) is 11.6 Å². The van der Waals surface area contributed by atoms with Crippen molar-refractivity contribution in [2.24, 2.45) is 0 Å². The molecular formula is C23H21NO2. The summed E-state index contributed by atoms with van der Waals surface area (Å²) in [6, 6.07) is 24.4. The number of methoxy groups -OCH3 is 1. The fourth-order valence-electron chi connectivity index (χ4n) is 3.46. The number of phenols is 1. The molecule has 0 saturated carbocycles. The van der Waals surface area contributed by atoms with Crippen LogP contribution in [0.1, 0.15) is 22.3 Å². The Morgan fingerprint density at radius 3 is 2.04 bits per heavy atom. The van der Waals surface area contributed by atoms with E-state index in [1.807, 2.05) is 48.5 Å². The van der Waals surface area contributed by atoms with E-state index in [9.17, 15) is 5.11 Å². The molecule has 1 heterocycles. The van der Waals surface area contributed by atoms with Gasteiger partial charge in [0.2, 0.25) is 0 Å². The highest BCUT2D eigenvalue weighted by Crippen LogP contribution is 2.38. The van der Waals surface area contributed by atoms with Gasteiger partial charge in [-0.15, -0.1) is 0 Å². The van der Waals surface area contributed by atoms with Gasteiger partial charge in [0.05, 0.1) is 12.6 Å². The normalized spacial score (nSPS) is 11.0. The van der Waals surface area contributed by atoms with Crippen molar-refractivity contribution in [3.63, 3.8) is 0 Å². The third-order valence-electron chi connectivity index (χ3n) is 4.75. The first kappa shape index (κ1) is 16.3. The van der Waals surface area contributed by atoms with Gasteiger partial charge in [0, 0.05) is 23.8 Å². The number of aromatic amines is 1. The molecule has 0 radical (unpaired) electrons. The van der Waals surface area contributed by atoms with Gasteiger partial charge in [0.25, 0.3) is 0 Å². The first-order valence-corrected chi connectivity index (χ1v) is 8.73. The van der Waals surface area contributed by atoms with Crippen molar-refractivity contribution in [3.8, 4) is 11.6 Å². The lowest BCUT2D eigenvalue weighted by molar-refractivity contribution is 0.397. The third kappa shape index (κ3) is 3.04. The molecule has 2 N–H and O–H groups in total. The number of hydrogen-bond acceptors (Lipinski definition) is 2. The highest BCUT2D eigenvalue weighted by molar-refractivity contribution is 5.93. The zero-order valence-corrected chi connectivity index (χ0v) is 14.7. The van der Waals surface area contributed by atoms with Crippen molar-refractivity contribution >= 4 is 10.9 Å². The molecule has 0 bridgehead atoms. The molecule has 0 fully saturated rings. The Balaban J connectivity index is 1.80. The van der Waals surface area contributed by atoms with Crippen LogP contribution in [0.15, 0.2) is 72.8 Å². The van der Waals surface area contributed by atoms with Crippen LogP contribution in [0.2, 0.25) is 0 Å². The van der Waals surface area contributed by atoms with Gasteiger partial charge in [0.15, 0.2) is 5.88 Å². The molecule has 3 nitrogen and oxygen atoms in total. The number of rotatable bonds is 5. The van der Waals surface area contributed by atoms with Crippen molar-refractivity contribution in [3.05, 3.63) is 95.1 Å². The topological polar surface area (TPSA) is 45.2 Å². The molecule has 1 aromatic heterocycles. The molecule has 4 rings (SSSR count). The van der Waals surface area contributed by atoms with Crippen LogP contribution in [-0.4, -0.2) is 17.2 Å². The largest absolute Gasteiger partial charge is 0.507 e. The minimum absolute atomic E-state index is 0.330. The van der Waals surface area contributed by atoms with Gasteiger partial charge >= 0.3 is 0 Å². The molecule has 0 aliphatic heterocycles. The second kappa shape index (κ2) is 6.96. The van der Waals surface area contributed by atoms with E-state index in [0.717, 1.165) is 22.0 Å². The van der Waals surface area contributed by atoms with Gasteiger partial charge in [0.1, 0.15) is 5.75 Å². The summed E-state index contributed by atoms with van der Waals surface area (Å²) in [7, 11) is 1.65. The minimum atomic E-state index is 0.330. The van der Waals surface area contributed by atoms with E-state index in [2.05, 4.69) is 29.2 Å². The number of aromatic hydroxyl groups is 1. The second-order valence-corrected chi connectivity index (χ2v) is 6.46. The number of fused-ring (bicyclic) bond motifs is 1. The van der Waals surface area contributed by atoms with E-state index in [4.69, 9.17) is 4.74 Å². The Labute approximate surface area is 152 Å². The predicted octanol–water partition coefficient (Wildman–Crippen LogP) is 5.06. The molecule has 0 atom stereocenters. The van der Waals surface area contributed by atoms with Gasteiger partial charge in [-0.05, 0) is 22.8 Å². The highest BCUT2D eigenvalue weighted by Gasteiger charge is 2.18. The Kier molecular flexibility index (Phi) is 4.36. The first-order valence-electron chi connectivity index (χ1n) is 8.73. The van der Waals surface area contributed by atoms with Crippen LogP contribution >= 0.6 is 0 Å². The number of phenolic OH excluding ortho intramolecular Hbond substituents is 1. The first-order chi connectivity index (χ1) is 12.8. The molecule has 26 heavy (non-hydrogen) atoms. The second-order valence-electron chi connectivity index (χ2n) is 6.46. The summed E-state index contributed by atoms with van der Waals surface area (Å²) in [5, 5.41) is 11.8. The third-order valence-corrected chi connectivity index (χ3v) is 4.75. The summed E-state index contributed by atoms with van der Waals surface area (Å²) in [6.07, 6.45) is 1.40. The van der Waals surface area contributed by atoms with Gasteiger partial charge in [-0.3, -0.25) is 0 Å². The molecular weight excluding hydrogens is 322 g/mol. The highest BCUT2D eigenvalue weighted by atomic mass is 16.5. The van der Waals surface area contributed by atoms with Crippen molar-refractivity contribution in [1.29, 1.82) is 0 Å². The van der Waals surface area contributed by atoms with Crippen molar-refractivity contribution in [2.45, 2.75) is 12.8 Å². The van der Waals surface area contributed by atoms with Gasteiger partial charge in [-0.2, -0.15) is 0 Å². The summed E-state index contributed by atoms with van der Waals surface area (Å²) in [6.45, 7) is 0. The summed E-state index contributed by atoms with van der Waals surface area (Å²) < 4.78 is 5.55. The Morgan fingerprint density at radius 1 is 0.808 bits per heavy atom. The maximum Gasteiger partial charge on any atom is 0.195 e. The quantitative estimate of drug-likeness (QED) is 0.532. The van der Waals surface area contributed by atoms with Crippen LogP contribution in [0.25, 0.3) is 10.9 Å². The molecule has 0 unspecified atom stereocenters. The van der Waals surface area contributed by atoms with Gasteiger partial charge < -0.3 is 14.8 Å². The lowest BCUT2D eigenvalue weighted by Gasteiger charge is -2.09. The Bertz CT molecular complexity index is 1020. The van der Waals surface area contributed by atoms with Gasteiger partial charge in [-0.25, -0.2) is 0 Å². The van der Waals surface area contributed by atoms with Crippen molar-refractivity contribution in [1.82, 2.24) is 4.98 Å². The van der Waals surface area contributed by atoms with Crippen LogP contribution in [0.3, 0.4) is 0 Å². The molecule has 0 aliphatic rings. The van der Waals surface area contributed by atoms with Crippen molar-refractivity contribution < 1.29 is 9.84 Å². The van der Waals surface area contributed by atoms with E-state index < -0.39 is 0 Å². The number of benzene rings is 3. The lowest BCUT2D eigenvalue weighted by Crippen LogP contribution is -1.93. The Morgan fingerprint density at radius 2 is 1.42 bits per heavy atom.